The quantitative estimate of drug-likeness (QED) is 0.765. The first-order chi connectivity index (χ1) is 14.2. The van der Waals surface area contributed by atoms with Crippen LogP contribution in [0.2, 0.25) is 0 Å². The van der Waals surface area contributed by atoms with Gasteiger partial charge in [0.05, 0.1) is 22.9 Å². The molecule has 2 amide bonds. The van der Waals surface area contributed by atoms with E-state index in [9.17, 15) is 27.2 Å². The highest BCUT2D eigenvalue weighted by atomic mass is 19.4. The molecule has 0 aliphatic carbocycles. The number of rotatable bonds is 4. The summed E-state index contributed by atoms with van der Waals surface area (Å²) in [6, 6.07) is 9.81. The van der Waals surface area contributed by atoms with Crippen molar-refractivity contribution in [2.24, 2.45) is 0 Å². The molecule has 0 bridgehead atoms. The zero-order valence-corrected chi connectivity index (χ0v) is 16.2. The molecule has 1 N–H and O–H groups in total. The zero-order chi connectivity index (χ0) is 21.9. The smallest absolute Gasteiger partial charge is 0.336 e. The molecule has 9 heteroatoms. The lowest BCUT2D eigenvalue weighted by molar-refractivity contribution is -0.137. The predicted octanol–water partition coefficient (Wildman–Crippen LogP) is 3.63. The molecule has 0 saturated carbocycles. The molecule has 5 nitrogen and oxygen atoms in total. The third-order valence-corrected chi connectivity index (χ3v) is 5.12. The van der Waals surface area contributed by atoms with Gasteiger partial charge >= 0.3 is 6.18 Å². The molecule has 3 rings (SSSR count). The van der Waals surface area contributed by atoms with Crippen LogP contribution in [-0.4, -0.2) is 53.8 Å². The van der Waals surface area contributed by atoms with E-state index in [1.807, 2.05) is 0 Å². The number of para-hydroxylation sites is 1. The van der Waals surface area contributed by atoms with Crippen LogP contribution in [0.5, 0.6) is 0 Å². The van der Waals surface area contributed by atoms with Crippen LogP contribution in [0.1, 0.15) is 22.8 Å². The van der Waals surface area contributed by atoms with Gasteiger partial charge in [0.15, 0.2) is 0 Å². The van der Waals surface area contributed by atoms with Gasteiger partial charge in [-0.1, -0.05) is 24.3 Å². The molecular weight excluding hydrogens is 402 g/mol. The molecule has 0 spiro atoms. The second kappa shape index (κ2) is 8.83. The van der Waals surface area contributed by atoms with Crippen molar-refractivity contribution in [2.45, 2.75) is 19.1 Å². The van der Waals surface area contributed by atoms with Gasteiger partial charge in [-0.25, -0.2) is 4.39 Å². The highest BCUT2D eigenvalue weighted by molar-refractivity contribution is 5.96. The number of halogens is 4. The number of hydrogen-bond acceptors (Lipinski definition) is 3. The molecular formula is C21H21F4N3O2. The number of anilines is 1. The Hall–Kier alpha value is -2.94. The number of nitrogens with one attached hydrogen (secondary N) is 1. The minimum absolute atomic E-state index is 0.0134. The SMILES string of the molecule is CC(C(=O)Nc1ccccc1C(F)(F)F)N1CCN(C(=O)c2ccccc2F)CC1. The van der Waals surface area contributed by atoms with Crippen molar-refractivity contribution in [3.05, 3.63) is 65.5 Å². The maximum absolute atomic E-state index is 13.8. The van der Waals surface area contributed by atoms with Gasteiger partial charge in [0, 0.05) is 26.2 Å². The fraction of sp³-hybridized carbons (Fsp3) is 0.333. The van der Waals surface area contributed by atoms with Crippen molar-refractivity contribution < 1.29 is 27.2 Å². The number of carbonyl (C=O) groups excluding carboxylic acids is 2. The Morgan fingerprint density at radius 3 is 2.20 bits per heavy atom. The molecule has 0 radical (unpaired) electrons. The zero-order valence-electron chi connectivity index (χ0n) is 16.2. The van der Waals surface area contributed by atoms with Crippen LogP contribution in [-0.2, 0) is 11.0 Å². The summed E-state index contributed by atoms with van der Waals surface area (Å²) in [4.78, 5) is 28.3. The molecule has 1 fully saturated rings. The van der Waals surface area contributed by atoms with Crippen LogP contribution in [0.25, 0.3) is 0 Å². The number of piperazine rings is 1. The van der Waals surface area contributed by atoms with Crippen molar-refractivity contribution >= 4 is 17.5 Å². The molecule has 2 aromatic rings. The van der Waals surface area contributed by atoms with Crippen molar-refractivity contribution in [3.63, 3.8) is 0 Å². The largest absolute Gasteiger partial charge is 0.418 e. The summed E-state index contributed by atoms with van der Waals surface area (Å²) in [6.07, 6.45) is -4.58. The van der Waals surface area contributed by atoms with E-state index in [1.165, 1.54) is 41.3 Å². The van der Waals surface area contributed by atoms with Crippen LogP contribution < -0.4 is 5.32 Å². The summed E-state index contributed by atoms with van der Waals surface area (Å²) < 4.78 is 53.2. The fourth-order valence-electron chi connectivity index (χ4n) is 3.36. The number of amides is 2. The van der Waals surface area contributed by atoms with E-state index in [0.29, 0.717) is 13.1 Å². The Balaban J connectivity index is 1.60. The molecule has 1 aliphatic rings. The average molecular weight is 423 g/mol. The number of hydrogen-bond donors (Lipinski definition) is 1. The molecule has 1 atom stereocenters. The van der Waals surface area contributed by atoms with Crippen molar-refractivity contribution in [2.75, 3.05) is 31.5 Å². The third kappa shape index (κ3) is 4.79. The summed E-state index contributed by atoms with van der Waals surface area (Å²) in [5.41, 5.74) is -1.22. The summed E-state index contributed by atoms with van der Waals surface area (Å²) in [7, 11) is 0. The number of nitrogens with zero attached hydrogens (tertiary/aromatic N) is 2. The molecule has 160 valence electrons. The van der Waals surface area contributed by atoms with Gasteiger partial charge in [-0.15, -0.1) is 0 Å². The van der Waals surface area contributed by atoms with Gasteiger partial charge in [-0.3, -0.25) is 14.5 Å². The van der Waals surface area contributed by atoms with E-state index >= 15 is 0 Å². The molecule has 1 heterocycles. The Morgan fingerprint density at radius 1 is 0.967 bits per heavy atom. The van der Waals surface area contributed by atoms with Crippen molar-refractivity contribution in [1.29, 1.82) is 0 Å². The Bertz CT molecular complexity index is 924. The van der Waals surface area contributed by atoms with Crippen LogP contribution >= 0.6 is 0 Å². The summed E-state index contributed by atoms with van der Waals surface area (Å²) in [6.45, 7) is 2.85. The summed E-state index contributed by atoms with van der Waals surface area (Å²) in [5, 5.41) is 2.35. The van der Waals surface area contributed by atoms with Crippen LogP contribution in [0, 0.1) is 5.82 Å². The standard InChI is InChI=1S/C21H21F4N3O2/c1-14(19(29)26-18-9-5-3-7-16(18)21(23,24)25)27-10-12-28(13-11-27)20(30)15-6-2-4-8-17(15)22/h2-9,14H,10-13H2,1H3,(H,26,29). The van der Waals surface area contributed by atoms with Gasteiger partial charge in [0.25, 0.3) is 5.91 Å². The van der Waals surface area contributed by atoms with Crippen LogP contribution in [0.3, 0.4) is 0 Å². The lowest BCUT2D eigenvalue weighted by Crippen LogP contribution is -2.54. The van der Waals surface area contributed by atoms with E-state index in [0.717, 1.165) is 6.07 Å². The van der Waals surface area contributed by atoms with Crippen molar-refractivity contribution in [3.8, 4) is 0 Å². The first kappa shape index (κ1) is 21.8. The molecule has 1 aliphatic heterocycles. The molecule has 2 aromatic carbocycles. The van der Waals surface area contributed by atoms with E-state index in [-0.39, 0.29) is 24.3 Å². The van der Waals surface area contributed by atoms with Gasteiger partial charge < -0.3 is 10.2 Å². The maximum atomic E-state index is 13.8. The second-order valence-electron chi connectivity index (χ2n) is 7.02. The highest BCUT2D eigenvalue weighted by Crippen LogP contribution is 2.34. The average Bonchev–Trinajstić information content (AvgIpc) is 2.73. The number of benzene rings is 2. The Morgan fingerprint density at radius 2 is 1.57 bits per heavy atom. The van der Waals surface area contributed by atoms with Gasteiger partial charge in [0.1, 0.15) is 5.82 Å². The molecule has 0 aromatic heterocycles. The predicted molar refractivity (Wildman–Crippen MR) is 103 cm³/mol. The minimum Gasteiger partial charge on any atom is -0.336 e. The summed E-state index contributed by atoms with van der Waals surface area (Å²) in [5.74, 6) is -1.59. The first-order valence-electron chi connectivity index (χ1n) is 9.43. The number of alkyl halides is 3. The third-order valence-electron chi connectivity index (χ3n) is 5.12. The van der Waals surface area contributed by atoms with Gasteiger partial charge in [0.2, 0.25) is 5.91 Å². The fourth-order valence-corrected chi connectivity index (χ4v) is 3.36. The second-order valence-corrected chi connectivity index (χ2v) is 7.02. The number of carbonyl (C=O) groups is 2. The van der Waals surface area contributed by atoms with Crippen LogP contribution in [0.15, 0.2) is 48.5 Å². The molecule has 30 heavy (non-hydrogen) atoms. The van der Waals surface area contributed by atoms with Crippen molar-refractivity contribution in [1.82, 2.24) is 9.80 Å². The highest BCUT2D eigenvalue weighted by Gasteiger charge is 2.34. The van der Waals surface area contributed by atoms with E-state index in [4.69, 9.17) is 0 Å². The van der Waals surface area contributed by atoms with E-state index in [2.05, 4.69) is 5.32 Å². The van der Waals surface area contributed by atoms with Crippen LogP contribution in [0.4, 0.5) is 23.2 Å². The van der Waals surface area contributed by atoms with Gasteiger partial charge in [-0.05, 0) is 31.2 Å². The maximum Gasteiger partial charge on any atom is 0.418 e. The lowest BCUT2D eigenvalue weighted by atomic mass is 10.1. The topological polar surface area (TPSA) is 52.7 Å². The summed E-state index contributed by atoms with van der Waals surface area (Å²) >= 11 is 0. The molecule has 1 unspecified atom stereocenters. The molecule has 1 saturated heterocycles. The Labute approximate surface area is 171 Å². The lowest BCUT2D eigenvalue weighted by Gasteiger charge is -2.37. The van der Waals surface area contributed by atoms with E-state index < -0.39 is 35.4 Å². The van der Waals surface area contributed by atoms with E-state index in [1.54, 1.807) is 17.9 Å². The Kier molecular flexibility index (Phi) is 6.40. The normalized spacial score (nSPS) is 16.2. The van der Waals surface area contributed by atoms with Gasteiger partial charge in [-0.2, -0.15) is 13.2 Å². The minimum atomic E-state index is -4.58. The monoisotopic (exact) mass is 423 g/mol. The first-order valence-corrected chi connectivity index (χ1v) is 9.43.